The van der Waals surface area contributed by atoms with Crippen molar-refractivity contribution < 1.29 is 9.53 Å². The summed E-state index contributed by atoms with van der Waals surface area (Å²) in [7, 11) is 3.28. The highest BCUT2D eigenvalue weighted by Crippen LogP contribution is 2.28. The van der Waals surface area contributed by atoms with Crippen LogP contribution in [0.15, 0.2) is 24.3 Å². The van der Waals surface area contributed by atoms with E-state index >= 15 is 0 Å². The zero-order valence-corrected chi connectivity index (χ0v) is 11.8. The third kappa shape index (κ3) is 3.94. The zero-order valence-electron chi connectivity index (χ0n) is 11.8. The quantitative estimate of drug-likeness (QED) is 0.764. The van der Waals surface area contributed by atoms with Crippen LogP contribution in [0.2, 0.25) is 0 Å². The second-order valence-corrected chi connectivity index (χ2v) is 4.23. The van der Waals surface area contributed by atoms with Gasteiger partial charge in [0.2, 0.25) is 5.91 Å². The Morgan fingerprint density at radius 2 is 2.16 bits per heavy atom. The van der Waals surface area contributed by atoms with Gasteiger partial charge in [-0.2, -0.15) is 0 Å². The van der Waals surface area contributed by atoms with Gasteiger partial charge < -0.3 is 15.8 Å². The largest absolute Gasteiger partial charge is 0.496 e. The Labute approximate surface area is 114 Å². The summed E-state index contributed by atoms with van der Waals surface area (Å²) in [5.74, 6) is 0.781. The number of ether oxygens (including phenoxy) is 1. The Bertz CT molecular complexity index is 409. The molecule has 5 nitrogen and oxygen atoms in total. The van der Waals surface area contributed by atoms with Crippen molar-refractivity contribution in [1.29, 1.82) is 0 Å². The number of likely N-dealkylation sites (N-methyl/N-ethyl adjacent to an activating group) is 2. The van der Waals surface area contributed by atoms with Crippen LogP contribution in [-0.2, 0) is 4.79 Å². The maximum absolute atomic E-state index is 11.6. The van der Waals surface area contributed by atoms with Crippen molar-refractivity contribution in [2.45, 2.75) is 13.0 Å². The molecule has 1 unspecified atom stereocenters. The number of amides is 1. The topological polar surface area (TPSA) is 67.6 Å². The van der Waals surface area contributed by atoms with E-state index in [1.165, 1.54) is 0 Å². The van der Waals surface area contributed by atoms with Gasteiger partial charge in [0.15, 0.2) is 0 Å². The van der Waals surface area contributed by atoms with Crippen molar-refractivity contribution in [3.05, 3.63) is 29.8 Å². The molecule has 0 aromatic heterocycles. The second kappa shape index (κ2) is 7.76. The molecule has 0 saturated carbocycles. The first-order chi connectivity index (χ1) is 9.17. The van der Waals surface area contributed by atoms with E-state index in [2.05, 4.69) is 5.32 Å². The van der Waals surface area contributed by atoms with Crippen molar-refractivity contribution in [1.82, 2.24) is 10.2 Å². The second-order valence-electron chi connectivity index (χ2n) is 4.23. The first-order valence-corrected chi connectivity index (χ1v) is 6.45. The predicted octanol–water partition coefficient (Wildman–Crippen LogP) is 0.763. The van der Waals surface area contributed by atoms with Gasteiger partial charge in [-0.25, -0.2) is 0 Å². The molecule has 0 bridgehead atoms. The fraction of sp³-hybridized carbons (Fsp3) is 0.500. The molecular formula is C14H23N3O2. The van der Waals surface area contributed by atoms with Gasteiger partial charge in [0.1, 0.15) is 5.75 Å². The highest BCUT2D eigenvalue weighted by Gasteiger charge is 2.22. The highest BCUT2D eigenvalue weighted by molar-refractivity contribution is 5.77. The maximum Gasteiger partial charge on any atom is 0.233 e. The number of nitrogens with two attached hydrogens (primary N) is 1. The molecule has 1 aromatic rings. The molecule has 0 aliphatic rings. The first kappa shape index (κ1) is 15.5. The molecule has 1 amide bonds. The fourth-order valence-corrected chi connectivity index (χ4v) is 2.12. The number of methoxy groups -OCH3 is 1. The average molecular weight is 265 g/mol. The van der Waals surface area contributed by atoms with Gasteiger partial charge in [0.05, 0.1) is 19.7 Å². The molecular weight excluding hydrogens is 242 g/mol. The van der Waals surface area contributed by atoms with E-state index in [-0.39, 0.29) is 11.9 Å². The van der Waals surface area contributed by atoms with Crippen LogP contribution in [0.1, 0.15) is 18.5 Å². The van der Waals surface area contributed by atoms with Gasteiger partial charge in [-0.15, -0.1) is 0 Å². The summed E-state index contributed by atoms with van der Waals surface area (Å²) in [5.41, 5.74) is 6.91. The van der Waals surface area contributed by atoms with E-state index in [1.54, 1.807) is 14.2 Å². The number of benzene rings is 1. The molecule has 1 rings (SSSR count). The molecule has 0 radical (unpaired) electrons. The van der Waals surface area contributed by atoms with E-state index in [0.717, 1.165) is 17.9 Å². The average Bonchev–Trinajstić information content (AvgIpc) is 2.47. The van der Waals surface area contributed by atoms with E-state index in [1.807, 2.05) is 36.1 Å². The van der Waals surface area contributed by atoms with Crippen molar-refractivity contribution in [2.75, 3.05) is 33.8 Å². The monoisotopic (exact) mass is 265 g/mol. The van der Waals surface area contributed by atoms with Crippen molar-refractivity contribution >= 4 is 5.91 Å². The standard InChI is InChI=1S/C14H23N3O2/c1-4-17(10-14(18)16-2)12(9-15)11-7-5-6-8-13(11)19-3/h5-8,12H,4,9-10,15H2,1-3H3,(H,16,18). The fourth-order valence-electron chi connectivity index (χ4n) is 2.12. The molecule has 0 aliphatic carbocycles. The minimum Gasteiger partial charge on any atom is -0.496 e. The summed E-state index contributed by atoms with van der Waals surface area (Å²) in [5, 5.41) is 2.64. The van der Waals surface area contributed by atoms with Crippen molar-refractivity contribution in [3.63, 3.8) is 0 Å². The van der Waals surface area contributed by atoms with Crippen LogP contribution in [0.5, 0.6) is 5.75 Å². The molecule has 1 aromatic carbocycles. The van der Waals surface area contributed by atoms with Gasteiger partial charge in [0.25, 0.3) is 0 Å². The minimum atomic E-state index is -0.0292. The lowest BCUT2D eigenvalue weighted by atomic mass is 10.0. The number of rotatable bonds is 7. The van der Waals surface area contributed by atoms with E-state index in [9.17, 15) is 4.79 Å². The summed E-state index contributed by atoms with van der Waals surface area (Å²) in [6.07, 6.45) is 0. The van der Waals surface area contributed by atoms with Crippen LogP contribution in [0.25, 0.3) is 0 Å². The van der Waals surface area contributed by atoms with Gasteiger partial charge in [-0.05, 0) is 12.6 Å². The number of carbonyl (C=O) groups excluding carboxylic acids is 1. The summed E-state index contributed by atoms with van der Waals surface area (Å²) >= 11 is 0. The third-order valence-corrected chi connectivity index (χ3v) is 3.19. The smallest absolute Gasteiger partial charge is 0.233 e. The Kier molecular flexibility index (Phi) is 6.32. The highest BCUT2D eigenvalue weighted by atomic mass is 16.5. The normalized spacial score (nSPS) is 12.3. The molecule has 1 atom stereocenters. The molecule has 19 heavy (non-hydrogen) atoms. The SMILES string of the molecule is CCN(CC(=O)NC)C(CN)c1ccccc1OC. The van der Waals surface area contributed by atoms with Gasteiger partial charge in [-0.3, -0.25) is 9.69 Å². The Morgan fingerprint density at radius 1 is 1.47 bits per heavy atom. The summed E-state index contributed by atoms with van der Waals surface area (Å²) in [4.78, 5) is 13.6. The van der Waals surface area contributed by atoms with Crippen LogP contribution in [0.4, 0.5) is 0 Å². The third-order valence-electron chi connectivity index (χ3n) is 3.19. The number of carbonyl (C=O) groups is 1. The van der Waals surface area contributed by atoms with Gasteiger partial charge in [-0.1, -0.05) is 25.1 Å². The van der Waals surface area contributed by atoms with E-state index in [4.69, 9.17) is 10.5 Å². The van der Waals surface area contributed by atoms with Crippen LogP contribution >= 0.6 is 0 Å². The maximum atomic E-state index is 11.6. The first-order valence-electron chi connectivity index (χ1n) is 6.45. The van der Waals surface area contributed by atoms with Gasteiger partial charge in [0, 0.05) is 19.2 Å². The van der Waals surface area contributed by atoms with Crippen LogP contribution in [0.3, 0.4) is 0 Å². The number of hydrogen-bond acceptors (Lipinski definition) is 4. The van der Waals surface area contributed by atoms with Crippen LogP contribution in [0, 0.1) is 0 Å². The molecule has 3 N–H and O–H groups in total. The lowest BCUT2D eigenvalue weighted by Crippen LogP contribution is -2.40. The van der Waals surface area contributed by atoms with Gasteiger partial charge >= 0.3 is 0 Å². The molecule has 0 fully saturated rings. The number of hydrogen-bond donors (Lipinski definition) is 2. The summed E-state index contributed by atoms with van der Waals surface area (Å²) < 4.78 is 5.37. The number of nitrogens with zero attached hydrogens (tertiary/aromatic N) is 1. The van der Waals surface area contributed by atoms with E-state index in [0.29, 0.717) is 13.1 Å². The molecule has 0 saturated heterocycles. The van der Waals surface area contributed by atoms with Crippen molar-refractivity contribution in [3.8, 4) is 5.75 Å². The Morgan fingerprint density at radius 3 is 2.68 bits per heavy atom. The molecule has 5 heteroatoms. The molecule has 0 aliphatic heterocycles. The van der Waals surface area contributed by atoms with Crippen LogP contribution < -0.4 is 15.8 Å². The summed E-state index contributed by atoms with van der Waals surface area (Å²) in [6, 6.07) is 7.74. The minimum absolute atomic E-state index is 0.0183. The zero-order chi connectivity index (χ0) is 14.3. The van der Waals surface area contributed by atoms with Crippen molar-refractivity contribution in [2.24, 2.45) is 5.73 Å². The lowest BCUT2D eigenvalue weighted by molar-refractivity contribution is -0.122. The molecule has 0 heterocycles. The number of nitrogens with one attached hydrogen (secondary N) is 1. The lowest BCUT2D eigenvalue weighted by Gasteiger charge is -2.30. The Balaban J connectivity index is 2.99. The summed E-state index contributed by atoms with van der Waals surface area (Å²) in [6.45, 7) is 3.52. The van der Waals surface area contributed by atoms with Crippen LogP contribution in [-0.4, -0.2) is 44.6 Å². The Hall–Kier alpha value is -1.59. The van der Waals surface area contributed by atoms with E-state index < -0.39 is 0 Å². The molecule has 106 valence electrons. The number of para-hydroxylation sites is 1. The predicted molar refractivity (Wildman–Crippen MR) is 76.1 cm³/mol. The molecule has 0 spiro atoms.